The second kappa shape index (κ2) is 6.06. The van der Waals surface area contributed by atoms with Crippen LogP contribution in [-0.4, -0.2) is 43.2 Å². The maximum atomic E-state index is 12.4. The van der Waals surface area contributed by atoms with Crippen molar-refractivity contribution in [2.45, 2.75) is 32.4 Å². The van der Waals surface area contributed by atoms with Crippen LogP contribution in [0.5, 0.6) is 5.75 Å². The quantitative estimate of drug-likeness (QED) is 0.835. The predicted octanol–water partition coefficient (Wildman–Crippen LogP) is 1.87. The first kappa shape index (κ1) is 13.9. The summed E-state index contributed by atoms with van der Waals surface area (Å²) < 4.78 is 10.7. The maximum absolute atomic E-state index is 12.4. The molecule has 0 N–H and O–H groups in total. The molecule has 0 saturated carbocycles. The van der Waals surface area contributed by atoms with Crippen LogP contribution in [0.15, 0.2) is 24.3 Å². The lowest BCUT2D eigenvalue weighted by Gasteiger charge is -2.38. The molecule has 2 unspecified atom stereocenters. The molecular formula is C15H21NO3. The Balaban J connectivity index is 2.03. The topological polar surface area (TPSA) is 38.8 Å². The molecule has 1 aromatic carbocycles. The molecule has 2 atom stereocenters. The van der Waals surface area contributed by atoms with Gasteiger partial charge in [-0.3, -0.25) is 4.79 Å². The molecule has 0 radical (unpaired) electrons. The fourth-order valence-corrected chi connectivity index (χ4v) is 2.34. The molecule has 1 saturated heterocycles. The average molecular weight is 263 g/mol. The van der Waals surface area contributed by atoms with Crippen LogP contribution in [0.3, 0.4) is 0 Å². The number of carbonyl (C=O) groups is 1. The average Bonchev–Trinajstić information content (AvgIpc) is 2.42. The number of hydrogen-bond acceptors (Lipinski definition) is 3. The largest absolute Gasteiger partial charge is 0.497 e. The van der Waals surface area contributed by atoms with Crippen molar-refractivity contribution in [3.05, 3.63) is 29.8 Å². The van der Waals surface area contributed by atoms with Gasteiger partial charge in [-0.1, -0.05) is 12.1 Å². The molecule has 1 amide bonds. The lowest BCUT2D eigenvalue weighted by atomic mass is 10.1. The van der Waals surface area contributed by atoms with Gasteiger partial charge in [-0.2, -0.15) is 0 Å². The third-order valence-electron chi connectivity index (χ3n) is 3.69. The summed E-state index contributed by atoms with van der Waals surface area (Å²) in [6, 6.07) is 7.79. The van der Waals surface area contributed by atoms with E-state index >= 15 is 0 Å². The first-order chi connectivity index (χ1) is 9.11. The molecule has 1 aromatic rings. The summed E-state index contributed by atoms with van der Waals surface area (Å²) in [6.45, 7) is 5.34. The second-order valence-electron chi connectivity index (χ2n) is 4.93. The number of nitrogens with zero attached hydrogens (tertiary/aromatic N) is 1. The molecule has 104 valence electrons. The van der Waals surface area contributed by atoms with Crippen LogP contribution in [0, 0.1) is 0 Å². The normalized spacial score (nSPS) is 23.2. The van der Waals surface area contributed by atoms with Crippen LogP contribution >= 0.6 is 0 Å². The Morgan fingerprint density at radius 3 is 3.00 bits per heavy atom. The van der Waals surface area contributed by atoms with Gasteiger partial charge in [-0.15, -0.1) is 0 Å². The summed E-state index contributed by atoms with van der Waals surface area (Å²) in [7, 11) is 1.63. The van der Waals surface area contributed by atoms with E-state index in [9.17, 15) is 4.79 Å². The number of rotatable bonds is 3. The van der Waals surface area contributed by atoms with E-state index in [1.54, 1.807) is 7.11 Å². The smallest absolute Gasteiger partial charge is 0.227 e. The molecular weight excluding hydrogens is 242 g/mol. The first-order valence-corrected chi connectivity index (χ1v) is 6.66. The van der Waals surface area contributed by atoms with Gasteiger partial charge in [-0.05, 0) is 31.5 Å². The summed E-state index contributed by atoms with van der Waals surface area (Å²) in [5.74, 6) is 0.935. The predicted molar refractivity (Wildman–Crippen MR) is 73.3 cm³/mol. The number of amides is 1. The van der Waals surface area contributed by atoms with Gasteiger partial charge < -0.3 is 14.4 Å². The number of methoxy groups -OCH3 is 1. The number of carbonyl (C=O) groups excluding carboxylic acids is 1. The van der Waals surface area contributed by atoms with Crippen molar-refractivity contribution < 1.29 is 14.3 Å². The maximum Gasteiger partial charge on any atom is 0.227 e. The van der Waals surface area contributed by atoms with Gasteiger partial charge in [0.2, 0.25) is 5.91 Å². The van der Waals surface area contributed by atoms with Crippen LogP contribution < -0.4 is 4.74 Å². The molecule has 1 aliphatic heterocycles. The zero-order valence-corrected chi connectivity index (χ0v) is 11.8. The molecule has 0 aliphatic carbocycles. The fraction of sp³-hybridized carbons (Fsp3) is 0.533. The van der Waals surface area contributed by atoms with E-state index in [0.29, 0.717) is 19.6 Å². The molecule has 0 bridgehead atoms. The number of ether oxygens (including phenoxy) is 2. The third kappa shape index (κ3) is 3.26. The van der Waals surface area contributed by atoms with Crippen molar-refractivity contribution in [2.24, 2.45) is 0 Å². The SMILES string of the molecule is COc1cccc(CC(=O)N2CCOC(C)C2C)c1. The number of hydrogen-bond donors (Lipinski definition) is 0. The standard InChI is InChI=1S/C15H21NO3/c1-11-12(2)19-8-7-16(11)15(17)10-13-5-4-6-14(9-13)18-3/h4-6,9,11-12H,7-8,10H2,1-3H3. The Morgan fingerprint density at radius 1 is 1.47 bits per heavy atom. The Hall–Kier alpha value is -1.55. The number of benzene rings is 1. The Labute approximate surface area is 114 Å². The molecule has 1 fully saturated rings. The van der Waals surface area contributed by atoms with Gasteiger partial charge in [0.1, 0.15) is 5.75 Å². The second-order valence-corrected chi connectivity index (χ2v) is 4.93. The van der Waals surface area contributed by atoms with E-state index in [4.69, 9.17) is 9.47 Å². The zero-order chi connectivity index (χ0) is 13.8. The highest BCUT2D eigenvalue weighted by Crippen LogP contribution is 2.17. The van der Waals surface area contributed by atoms with Crippen LogP contribution in [0.4, 0.5) is 0 Å². The molecule has 19 heavy (non-hydrogen) atoms. The van der Waals surface area contributed by atoms with Crippen LogP contribution in [-0.2, 0) is 16.0 Å². The molecule has 0 aromatic heterocycles. The Bertz CT molecular complexity index is 447. The van der Waals surface area contributed by atoms with Crippen molar-refractivity contribution in [3.8, 4) is 5.75 Å². The van der Waals surface area contributed by atoms with Crippen molar-refractivity contribution in [1.82, 2.24) is 4.90 Å². The van der Waals surface area contributed by atoms with Gasteiger partial charge in [0, 0.05) is 6.54 Å². The highest BCUT2D eigenvalue weighted by molar-refractivity contribution is 5.79. The minimum absolute atomic E-state index is 0.100. The first-order valence-electron chi connectivity index (χ1n) is 6.66. The van der Waals surface area contributed by atoms with Gasteiger partial charge in [0.05, 0.1) is 32.3 Å². The van der Waals surface area contributed by atoms with Gasteiger partial charge in [0.25, 0.3) is 0 Å². The van der Waals surface area contributed by atoms with E-state index in [2.05, 4.69) is 0 Å². The molecule has 1 heterocycles. The van der Waals surface area contributed by atoms with Gasteiger partial charge in [0.15, 0.2) is 0 Å². The van der Waals surface area contributed by atoms with E-state index in [1.165, 1.54) is 0 Å². The highest BCUT2D eigenvalue weighted by Gasteiger charge is 2.28. The summed E-state index contributed by atoms with van der Waals surface area (Å²) in [5.41, 5.74) is 0.982. The monoisotopic (exact) mass is 263 g/mol. The van der Waals surface area contributed by atoms with Crippen molar-refractivity contribution in [1.29, 1.82) is 0 Å². The molecule has 0 spiro atoms. The molecule has 4 heteroatoms. The zero-order valence-electron chi connectivity index (χ0n) is 11.8. The van der Waals surface area contributed by atoms with Crippen molar-refractivity contribution >= 4 is 5.91 Å². The van der Waals surface area contributed by atoms with Crippen molar-refractivity contribution in [2.75, 3.05) is 20.3 Å². The summed E-state index contributed by atoms with van der Waals surface area (Å²) in [4.78, 5) is 14.3. The van der Waals surface area contributed by atoms with Crippen molar-refractivity contribution in [3.63, 3.8) is 0 Å². The lowest BCUT2D eigenvalue weighted by Crippen LogP contribution is -2.51. The lowest BCUT2D eigenvalue weighted by molar-refractivity contribution is -0.143. The van der Waals surface area contributed by atoms with Gasteiger partial charge in [-0.25, -0.2) is 0 Å². The van der Waals surface area contributed by atoms with Crippen LogP contribution in [0.2, 0.25) is 0 Å². The van der Waals surface area contributed by atoms with Crippen LogP contribution in [0.1, 0.15) is 19.4 Å². The van der Waals surface area contributed by atoms with Gasteiger partial charge >= 0.3 is 0 Å². The Kier molecular flexibility index (Phi) is 4.43. The van der Waals surface area contributed by atoms with E-state index < -0.39 is 0 Å². The third-order valence-corrected chi connectivity index (χ3v) is 3.69. The summed E-state index contributed by atoms with van der Waals surface area (Å²) in [5, 5.41) is 0. The van der Waals surface area contributed by atoms with Crippen LogP contribution in [0.25, 0.3) is 0 Å². The minimum Gasteiger partial charge on any atom is -0.497 e. The Morgan fingerprint density at radius 2 is 2.26 bits per heavy atom. The fourth-order valence-electron chi connectivity index (χ4n) is 2.34. The molecule has 2 rings (SSSR count). The molecule has 4 nitrogen and oxygen atoms in total. The van der Waals surface area contributed by atoms with E-state index in [0.717, 1.165) is 11.3 Å². The minimum atomic E-state index is 0.100. The summed E-state index contributed by atoms with van der Waals surface area (Å²) in [6.07, 6.45) is 0.511. The van der Waals surface area contributed by atoms with E-state index in [-0.39, 0.29) is 18.1 Å². The van der Waals surface area contributed by atoms with E-state index in [1.807, 2.05) is 43.0 Å². The molecule has 1 aliphatic rings. The summed E-state index contributed by atoms with van der Waals surface area (Å²) >= 11 is 0. The highest BCUT2D eigenvalue weighted by atomic mass is 16.5. The number of morpholine rings is 1.